The van der Waals surface area contributed by atoms with Crippen LogP contribution in [0.4, 0.5) is 0 Å². The van der Waals surface area contributed by atoms with Crippen molar-refractivity contribution >= 4 is 30.0 Å². The van der Waals surface area contributed by atoms with E-state index in [0.29, 0.717) is 15.6 Å². The topological polar surface area (TPSA) is 66.2 Å². The number of hydrogen-bond acceptors (Lipinski definition) is 4. The fourth-order valence-corrected chi connectivity index (χ4v) is 2.31. The molecule has 0 radical (unpaired) electrons. The van der Waals surface area contributed by atoms with E-state index in [4.69, 9.17) is 23.8 Å². The predicted molar refractivity (Wildman–Crippen MR) is 89.0 cm³/mol. The number of nitrogens with one attached hydrogen (secondary N) is 1. The molecule has 3 aromatic rings. The second-order valence-corrected chi connectivity index (χ2v) is 5.34. The maximum atomic E-state index is 9.47. The number of hydrogen-bond donors (Lipinski definition) is 2. The highest BCUT2D eigenvalue weighted by molar-refractivity contribution is 7.71. The van der Waals surface area contributed by atoms with Gasteiger partial charge in [0, 0.05) is 10.6 Å². The third-order valence-electron chi connectivity index (χ3n) is 2.93. The van der Waals surface area contributed by atoms with Crippen molar-refractivity contribution in [3.8, 4) is 17.1 Å². The zero-order valence-corrected chi connectivity index (χ0v) is 12.8. The Morgan fingerprint density at radius 2 is 2.05 bits per heavy atom. The number of aromatic nitrogens is 3. The molecule has 0 fully saturated rings. The molecule has 0 unspecified atom stereocenters. The Balaban J connectivity index is 2.01. The van der Waals surface area contributed by atoms with Crippen molar-refractivity contribution in [2.24, 2.45) is 5.10 Å². The van der Waals surface area contributed by atoms with Crippen molar-refractivity contribution in [1.29, 1.82) is 0 Å². The molecule has 0 aliphatic rings. The number of rotatable bonds is 3. The number of nitrogens with zero attached hydrogens (tertiary/aromatic N) is 3. The maximum Gasteiger partial charge on any atom is 0.216 e. The standard InChI is InChI=1S/C15H11ClN4OS/c16-12-5-2-4-11(8-12)14-18-19-15(22)20(14)17-9-10-3-1-6-13(21)7-10/h1-9,21H,(H,19,22)/b17-9-. The van der Waals surface area contributed by atoms with Crippen LogP contribution in [0.5, 0.6) is 5.75 Å². The first kappa shape index (κ1) is 14.5. The van der Waals surface area contributed by atoms with E-state index >= 15 is 0 Å². The lowest BCUT2D eigenvalue weighted by Crippen LogP contribution is -1.95. The molecule has 22 heavy (non-hydrogen) atoms. The van der Waals surface area contributed by atoms with E-state index in [0.717, 1.165) is 11.1 Å². The largest absolute Gasteiger partial charge is 0.508 e. The number of aromatic amines is 1. The average Bonchev–Trinajstić information content (AvgIpc) is 2.86. The van der Waals surface area contributed by atoms with Crippen LogP contribution < -0.4 is 0 Å². The van der Waals surface area contributed by atoms with Gasteiger partial charge in [0.05, 0.1) is 6.21 Å². The van der Waals surface area contributed by atoms with Crippen molar-refractivity contribution in [2.45, 2.75) is 0 Å². The van der Waals surface area contributed by atoms with Gasteiger partial charge in [0.25, 0.3) is 0 Å². The minimum absolute atomic E-state index is 0.176. The zero-order valence-electron chi connectivity index (χ0n) is 11.3. The Bertz CT molecular complexity index is 900. The fraction of sp³-hybridized carbons (Fsp3) is 0. The molecule has 0 spiro atoms. The minimum atomic E-state index is 0.176. The van der Waals surface area contributed by atoms with Crippen molar-refractivity contribution in [1.82, 2.24) is 14.9 Å². The quantitative estimate of drug-likeness (QED) is 0.566. The first-order chi connectivity index (χ1) is 10.6. The van der Waals surface area contributed by atoms with Gasteiger partial charge in [0.2, 0.25) is 4.77 Å². The third-order valence-corrected chi connectivity index (χ3v) is 3.43. The molecule has 3 rings (SSSR count). The lowest BCUT2D eigenvalue weighted by Gasteiger charge is -2.01. The second-order valence-electron chi connectivity index (χ2n) is 4.51. The molecule has 110 valence electrons. The first-order valence-electron chi connectivity index (χ1n) is 6.40. The van der Waals surface area contributed by atoms with Crippen LogP contribution >= 0.6 is 23.8 Å². The van der Waals surface area contributed by atoms with E-state index in [-0.39, 0.29) is 5.75 Å². The van der Waals surface area contributed by atoms with Crippen molar-refractivity contribution < 1.29 is 5.11 Å². The summed E-state index contributed by atoms with van der Waals surface area (Å²) >= 11 is 11.2. The number of benzene rings is 2. The summed E-state index contributed by atoms with van der Waals surface area (Å²) in [5, 5.41) is 21.3. The Kier molecular flexibility index (Phi) is 4.04. The zero-order chi connectivity index (χ0) is 15.5. The van der Waals surface area contributed by atoms with E-state index in [1.807, 2.05) is 18.2 Å². The predicted octanol–water partition coefficient (Wildman–Crippen LogP) is 3.85. The summed E-state index contributed by atoms with van der Waals surface area (Å²) in [7, 11) is 0. The van der Waals surface area contributed by atoms with Crippen molar-refractivity contribution in [3.63, 3.8) is 0 Å². The van der Waals surface area contributed by atoms with Crippen LogP contribution in [0.1, 0.15) is 5.56 Å². The summed E-state index contributed by atoms with van der Waals surface area (Å²) in [5.41, 5.74) is 1.55. The van der Waals surface area contributed by atoms with E-state index < -0.39 is 0 Å². The highest BCUT2D eigenvalue weighted by atomic mass is 35.5. The lowest BCUT2D eigenvalue weighted by atomic mass is 10.2. The summed E-state index contributed by atoms with van der Waals surface area (Å²) in [6, 6.07) is 14.0. The van der Waals surface area contributed by atoms with Gasteiger partial charge in [-0.05, 0) is 42.0 Å². The van der Waals surface area contributed by atoms with Gasteiger partial charge < -0.3 is 5.11 Å². The molecule has 2 aromatic carbocycles. The smallest absolute Gasteiger partial charge is 0.216 e. The maximum absolute atomic E-state index is 9.47. The number of phenols is 1. The van der Waals surface area contributed by atoms with E-state index in [2.05, 4.69) is 15.3 Å². The van der Waals surface area contributed by atoms with Gasteiger partial charge in [0.1, 0.15) is 5.75 Å². The van der Waals surface area contributed by atoms with Crippen LogP contribution in [0.25, 0.3) is 11.4 Å². The molecule has 0 bridgehead atoms. The van der Waals surface area contributed by atoms with Gasteiger partial charge in [-0.1, -0.05) is 35.9 Å². The van der Waals surface area contributed by atoms with Gasteiger partial charge in [-0.15, -0.1) is 0 Å². The van der Waals surface area contributed by atoms with Crippen LogP contribution in [0.2, 0.25) is 5.02 Å². The monoisotopic (exact) mass is 330 g/mol. The minimum Gasteiger partial charge on any atom is -0.508 e. The number of H-pyrrole nitrogens is 1. The Hall–Kier alpha value is -2.44. The molecular formula is C15H11ClN4OS. The first-order valence-corrected chi connectivity index (χ1v) is 7.19. The van der Waals surface area contributed by atoms with Gasteiger partial charge in [-0.2, -0.15) is 14.9 Å². The number of aromatic hydroxyl groups is 1. The lowest BCUT2D eigenvalue weighted by molar-refractivity contribution is 0.475. The fourth-order valence-electron chi connectivity index (χ4n) is 1.94. The normalized spacial score (nSPS) is 11.1. The molecule has 7 heteroatoms. The van der Waals surface area contributed by atoms with Crippen molar-refractivity contribution in [3.05, 3.63) is 63.9 Å². The average molecular weight is 331 g/mol. The molecule has 5 nitrogen and oxygen atoms in total. The van der Waals surface area contributed by atoms with E-state index in [9.17, 15) is 5.11 Å². The number of halogens is 1. The molecule has 0 atom stereocenters. The molecule has 0 aliphatic heterocycles. The van der Waals surface area contributed by atoms with Crippen LogP contribution in [0.15, 0.2) is 53.6 Å². The Morgan fingerprint density at radius 1 is 1.23 bits per heavy atom. The summed E-state index contributed by atoms with van der Waals surface area (Å²) < 4.78 is 1.87. The second kappa shape index (κ2) is 6.13. The summed E-state index contributed by atoms with van der Waals surface area (Å²) in [4.78, 5) is 0. The highest BCUT2D eigenvalue weighted by Gasteiger charge is 2.08. The van der Waals surface area contributed by atoms with Crippen LogP contribution in [-0.4, -0.2) is 26.2 Å². The van der Waals surface area contributed by atoms with Crippen molar-refractivity contribution in [2.75, 3.05) is 0 Å². The molecular weight excluding hydrogens is 320 g/mol. The van der Waals surface area contributed by atoms with E-state index in [1.54, 1.807) is 36.5 Å². The van der Waals surface area contributed by atoms with Gasteiger partial charge in [-0.25, -0.2) is 5.10 Å². The Labute approximate surface area is 136 Å². The molecule has 1 aromatic heterocycles. The summed E-state index contributed by atoms with van der Waals surface area (Å²) in [6.45, 7) is 0. The van der Waals surface area contributed by atoms with Gasteiger partial charge in [-0.3, -0.25) is 0 Å². The SMILES string of the molecule is Oc1cccc(/C=N\n2c(-c3cccc(Cl)c3)n[nH]c2=S)c1. The molecule has 0 aliphatic carbocycles. The third kappa shape index (κ3) is 3.08. The van der Waals surface area contributed by atoms with Gasteiger partial charge in [0.15, 0.2) is 5.82 Å². The molecule has 2 N–H and O–H groups in total. The summed E-state index contributed by atoms with van der Waals surface area (Å²) in [5.74, 6) is 0.735. The van der Waals surface area contributed by atoms with Gasteiger partial charge >= 0.3 is 0 Å². The Morgan fingerprint density at radius 3 is 2.82 bits per heavy atom. The van der Waals surface area contributed by atoms with Crippen LogP contribution in [0, 0.1) is 4.77 Å². The van der Waals surface area contributed by atoms with Crippen LogP contribution in [-0.2, 0) is 0 Å². The molecule has 0 saturated carbocycles. The molecule has 0 amide bonds. The molecule has 1 heterocycles. The number of phenolic OH excluding ortho intramolecular Hbond substituents is 1. The summed E-state index contributed by atoms with van der Waals surface area (Å²) in [6.07, 6.45) is 1.60. The molecule has 0 saturated heterocycles. The van der Waals surface area contributed by atoms with Crippen LogP contribution in [0.3, 0.4) is 0 Å². The van der Waals surface area contributed by atoms with E-state index in [1.165, 1.54) is 4.68 Å². The highest BCUT2D eigenvalue weighted by Crippen LogP contribution is 2.21.